The lowest BCUT2D eigenvalue weighted by atomic mass is 10.2. The molecule has 0 saturated heterocycles. The van der Waals surface area contributed by atoms with Gasteiger partial charge in [-0.2, -0.15) is 0 Å². The van der Waals surface area contributed by atoms with Crippen LogP contribution in [0.25, 0.3) is 0 Å². The summed E-state index contributed by atoms with van der Waals surface area (Å²) in [5.41, 5.74) is 2.05. The number of nitrogens with one attached hydrogen (secondary N) is 1. The number of ether oxygens (including phenoxy) is 1. The average Bonchev–Trinajstić information content (AvgIpc) is 2.37. The Labute approximate surface area is 120 Å². The van der Waals surface area contributed by atoms with Gasteiger partial charge in [0.1, 0.15) is 5.75 Å². The van der Waals surface area contributed by atoms with E-state index in [1.807, 2.05) is 42.5 Å². The molecule has 0 bridgehead atoms. The highest BCUT2D eigenvalue weighted by Gasteiger charge is 2.01. The number of methoxy groups -OCH3 is 1. The highest BCUT2D eigenvalue weighted by molar-refractivity contribution is 9.10. The van der Waals surface area contributed by atoms with Gasteiger partial charge in [-0.15, -0.1) is 0 Å². The van der Waals surface area contributed by atoms with E-state index in [2.05, 4.69) is 21.2 Å². The summed E-state index contributed by atoms with van der Waals surface area (Å²) in [6.45, 7) is 0.680. The van der Waals surface area contributed by atoms with Crippen LogP contribution in [0, 0.1) is 0 Å². The van der Waals surface area contributed by atoms with Gasteiger partial charge in [-0.1, -0.05) is 45.7 Å². The molecular formula is C14H13BrClNO. The maximum atomic E-state index is 6.11. The molecule has 0 aliphatic carbocycles. The van der Waals surface area contributed by atoms with Crippen LogP contribution in [-0.2, 0) is 6.54 Å². The van der Waals surface area contributed by atoms with Crippen LogP contribution in [0.1, 0.15) is 5.56 Å². The third kappa shape index (κ3) is 3.40. The van der Waals surface area contributed by atoms with Gasteiger partial charge in [0.05, 0.1) is 7.11 Å². The van der Waals surface area contributed by atoms with Crippen LogP contribution in [-0.4, -0.2) is 7.11 Å². The zero-order chi connectivity index (χ0) is 13.0. The summed E-state index contributed by atoms with van der Waals surface area (Å²) in [7, 11) is 1.65. The van der Waals surface area contributed by atoms with Crippen LogP contribution >= 0.6 is 27.5 Å². The fourth-order valence-electron chi connectivity index (χ4n) is 1.62. The van der Waals surface area contributed by atoms with E-state index in [1.165, 1.54) is 0 Å². The van der Waals surface area contributed by atoms with Crippen molar-refractivity contribution in [2.75, 3.05) is 12.4 Å². The van der Waals surface area contributed by atoms with Crippen molar-refractivity contribution in [3.8, 4) is 5.75 Å². The van der Waals surface area contributed by atoms with Crippen LogP contribution in [0.2, 0.25) is 5.02 Å². The molecule has 18 heavy (non-hydrogen) atoms. The SMILES string of the molecule is COc1cc(Br)cc(NCc2ccccc2Cl)c1. The quantitative estimate of drug-likeness (QED) is 0.877. The lowest BCUT2D eigenvalue weighted by molar-refractivity contribution is 0.414. The van der Waals surface area contributed by atoms with Crippen molar-refractivity contribution < 1.29 is 4.74 Å². The Morgan fingerprint density at radius 1 is 1.22 bits per heavy atom. The van der Waals surface area contributed by atoms with Crippen molar-refractivity contribution in [2.24, 2.45) is 0 Å². The number of rotatable bonds is 4. The van der Waals surface area contributed by atoms with Gasteiger partial charge in [0, 0.05) is 27.8 Å². The lowest BCUT2D eigenvalue weighted by Gasteiger charge is -2.10. The summed E-state index contributed by atoms with van der Waals surface area (Å²) in [6, 6.07) is 13.7. The Kier molecular flexibility index (Phi) is 4.50. The second-order valence-electron chi connectivity index (χ2n) is 3.82. The first-order chi connectivity index (χ1) is 8.69. The third-order valence-electron chi connectivity index (χ3n) is 2.55. The molecule has 1 N–H and O–H groups in total. The maximum absolute atomic E-state index is 6.11. The van der Waals surface area contributed by atoms with Crippen molar-refractivity contribution in [1.29, 1.82) is 0 Å². The number of benzene rings is 2. The summed E-state index contributed by atoms with van der Waals surface area (Å²) in [6.07, 6.45) is 0. The van der Waals surface area contributed by atoms with E-state index in [-0.39, 0.29) is 0 Å². The van der Waals surface area contributed by atoms with Crippen LogP contribution in [0.3, 0.4) is 0 Å². The molecule has 0 spiro atoms. The van der Waals surface area contributed by atoms with Crippen molar-refractivity contribution in [3.63, 3.8) is 0 Å². The number of anilines is 1. The number of halogens is 2. The Morgan fingerprint density at radius 3 is 2.72 bits per heavy atom. The number of hydrogen-bond donors (Lipinski definition) is 1. The molecule has 0 aromatic heterocycles. The molecule has 2 nitrogen and oxygen atoms in total. The molecule has 2 rings (SSSR count). The van der Waals surface area contributed by atoms with Gasteiger partial charge >= 0.3 is 0 Å². The van der Waals surface area contributed by atoms with Gasteiger partial charge in [-0.3, -0.25) is 0 Å². The van der Waals surface area contributed by atoms with E-state index >= 15 is 0 Å². The standard InChI is InChI=1S/C14H13BrClNO/c1-18-13-7-11(15)6-12(8-13)17-9-10-4-2-3-5-14(10)16/h2-8,17H,9H2,1H3. The van der Waals surface area contributed by atoms with Crippen molar-refractivity contribution >= 4 is 33.2 Å². The van der Waals surface area contributed by atoms with E-state index < -0.39 is 0 Å². The van der Waals surface area contributed by atoms with Gasteiger partial charge in [0.15, 0.2) is 0 Å². The fraction of sp³-hybridized carbons (Fsp3) is 0.143. The molecule has 0 fully saturated rings. The molecule has 0 amide bonds. The first-order valence-corrected chi connectivity index (χ1v) is 6.68. The zero-order valence-electron chi connectivity index (χ0n) is 9.91. The second-order valence-corrected chi connectivity index (χ2v) is 5.15. The smallest absolute Gasteiger partial charge is 0.122 e. The van der Waals surface area contributed by atoms with Gasteiger partial charge in [0.25, 0.3) is 0 Å². The minimum atomic E-state index is 0.680. The van der Waals surface area contributed by atoms with Crippen molar-refractivity contribution in [1.82, 2.24) is 0 Å². The van der Waals surface area contributed by atoms with Crippen LogP contribution in [0.15, 0.2) is 46.9 Å². The van der Waals surface area contributed by atoms with E-state index in [9.17, 15) is 0 Å². The van der Waals surface area contributed by atoms with E-state index in [0.29, 0.717) is 6.54 Å². The molecule has 2 aromatic carbocycles. The third-order valence-corrected chi connectivity index (χ3v) is 3.37. The maximum Gasteiger partial charge on any atom is 0.122 e. The normalized spacial score (nSPS) is 10.2. The molecule has 2 aromatic rings. The monoisotopic (exact) mass is 325 g/mol. The second kappa shape index (κ2) is 6.12. The first-order valence-electron chi connectivity index (χ1n) is 5.51. The molecule has 0 heterocycles. The number of hydrogen-bond acceptors (Lipinski definition) is 2. The summed E-state index contributed by atoms with van der Waals surface area (Å²) < 4.78 is 6.19. The summed E-state index contributed by atoms with van der Waals surface area (Å²) in [5, 5.41) is 4.09. The minimum absolute atomic E-state index is 0.680. The zero-order valence-corrected chi connectivity index (χ0v) is 12.3. The lowest BCUT2D eigenvalue weighted by Crippen LogP contribution is -2.00. The molecule has 0 unspecified atom stereocenters. The molecule has 94 valence electrons. The van der Waals surface area contributed by atoms with Crippen LogP contribution in [0.4, 0.5) is 5.69 Å². The largest absolute Gasteiger partial charge is 0.497 e. The van der Waals surface area contributed by atoms with Crippen molar-refractivity contribution in [2.45, 2.75) is 6.54 Å². The van der Waals surface area contributed by atoms with Gasteiger partial charge < -0.3 is 10.1 Å². The molecule has 0 saturated carbocycles. The topological polar surface area (TPSA) is 21.3 Å². The Hall–Kier alpha value is -1.19. The van der Waals surface area contributed by atoms with Gasteiger partial charge in [-0.25, -0.2) is 0 Å². The van der Waals surface area contributed by atoms with E-state index in [4.69, 9.17) is 16.3 Å². The highest BCUT2D eigenvalue weighted by Crippen LogP contribution is 2.25. The predicted octanol–water partition coefficient (Wildman–Crippen LogP) is 4.72. The van der Waals surface area contributed by atoms with Crippen molar-refractivity contribution in [3.05, 3.63) is 57.5 Å². The molecule has 0 radical (unpaired) electrons. The Bertz CT molecular complexity index is 545. The minimum Gasteiger partial charge on any atom is -0.497 e. The first kappa shape index (κ1) is 13.2. The van der Waals surface area contributed by atoms with E-state index in [1.54, 1.807) is 7.11 Å². The fourth-order valence-corrected chi connectivity index (χ4v) is 2.30. The van der Waals surface area contributed by atoms with E-state index in [0.717, 1.165) is 26.5 Å². The summed E-state index contributed by atoms with van der Waals surface area (Å²) in [4.78, 5) is 0. The summed E-state index contributed by atoms with van der Waals surface area (Å²) in [5.74, 6) is 0.811. The predicted molar refractivity (Wildman–Crippen MR) is 79.5 cm³/mol. The average molecular weight is 327 g/mol. The van der Waals surface area contributed by atoms with Crippen LogP contribution < -0.4 is 10.1 Å². The molecule has 0 aliphatic heterocycles. The highest BCUT2D eigenvalue weighted by atomic mass is 79.9. The van der Waals surface area contributed by atoms with Gasteiger partial charge in [0.2, 0.25) is 0 Å². The van der Waals surface area contributed by atoms with Crippen LogP contribution in [0.5, 0.6) is 5.75 Å². The van der Waals surface area contributed by atoms with Gasteiger partial charge in [-0.05, 0) is 23.8 Å². The molecule has 0 aliphatic rings. The molecular weight excluding hydrogens is 314 g/mol. The Balaban J connectivity index is 2.11. The Morgan fingerprint density at radius 2 is 2.00 bits per heavy atom. The molecule has 4 heteroatoms. The molecule has 0 atom stereocenters. The summed E-state index contributed by atoms with van der Waals surface area (Å²) >= 11 is 9.55.